The molecule has 0 atom stereocenters. The number of pyridine rings is 1. The number of halogens is 1. The van der Waals surface area contributed by atoms with Gasteiger partial charge in [0, 0.05) is 12.0 Å². The minimum Gasteiger partial charge on any atom is -0.383 e. The average Bonchev–Trinajstić information content (AvgIpc) is 2.36. The quantitative estimate of drug-likeness (QED) is 0.722. The zero-order valence-corrected chi connectivity index (χ0v) is 11.5. The van der Waals surface area contributed by atoms with Crippen molar-refractivity contribution in [1.82, 2.24) is 4.98 Å². The maximum atomic E-state index is 12.8. The number of benzene rings is 1. The van der Waals surface area contributed by atoms with E-state index in [9.17, 15) is 12.8 Å². The van der Waals surface area contributed by atoms with Crippen molar-refractivity contribution in [3.63, 3.8) is 0 Å². The fourth-order valence-corrected chi connectivity index (χ4v) is 2.07. The highest BCUT2D eigenvalue weighted by molar-refractivity contribution is 7.81. The number of nitrogen functional groups attached to an aromatic ring is 2. The van der Waals surface area contributed by atoms with Crippen molar-refractivity contribution in [2.24, 2.45) is 0 Å². The second-order valence-corrected chi connectivity index (χ2v) is 5.25. The van der Waals surface area contributed by atoms with Gasteiger partial charge in [-0.15, -0.1) is 0 Å². The van der Waals surface area contributed by atoms with Crippen LogP contribution >= 0.6 is 0 Å². The molecule has 0 fully saturated rings. The van der Waals surface area contributed by atoms with Crippen LogP contribution in [0.15, 0.2) is 30.3 Å². The molecule has 0 saturated heterocycles. The molecule has 7 nitrogen and oxygen atoms in total. The third-order valence-electron chi connectivity index (χ3n) is 2.63. The van der Waals surface area contributed by atoms with Gasteiger partial charge in [-0.3, -0.25) is 4.55 Å². The number of nitrogens with two attached hydrogens (primary N) is 2. The van der Waals surface area contributed by atoms with E-state index >= 15 is 0 Å². The minimum atomic E-state index is -4.72. The molecule has 0 radical (unpaired) electrons. The zero-order valence-electron chi connectivity index (χ0n) is 10.7. The monoisotopic (exact) mass is 313 g/mol. The Balaban J connectivity index is 2.35. The summed E-state index contributed by atoms with van der Waals surface area (Å²) in [5.74, 6) is -0.895. The van der Waals surface area contributed by atoms with Crippen LogP contribution < -0.4 is 15.7 Å². The molecule has 0 bridgehead atoms. The first-order chi connectivity index (χ1) is 9.74. The van der Waals surface area contributed by atoms with Crippen LogP contribution in [0.2, 0.25) is 0 Å². The molecule has 1 aromatic carbocycles. The van der Waals surface area contributed by atoms with Crippen LogP contribution in [0, 0.1) is 5.82 Å². The van der Waals surface area contributed by atoms with E-state index in [1.165, 1.54) is 18.2 Å². The smallest absolute Gasteiger partial charge is 0.383 e. The standard InChI is InChI=1S/C12H12FN3O4S/c13-9-3-1-7(2-4-9)5-8-6-10(20-21(17,18)19)12(15)16-11(8)14/h1-4,6H,5H2,(H4,14,15,16)(H,17,18,19). The molecular weight excluding hydrogens is 301 g/mol. The Labute approximate surface area is 120 Å². The first kappa shape index (κ1) is 15.0. The number of hydrogen-bond acceptors (Lipinski definition) is 6. The molecule has 112 valence electrons. The molecule has 0 unspecified atom stereocenters. The van der Waals surface area contributed by atoms with Crippen molar-refractivity contribution in [1.29, 1.82) is 0 Å². The summed E-state index contributed by atoms with van der Waals surface area (Å²) in [6.45, 7) is 0. The topological polar surface area (TPSA) is 129 Å². The minimum absolute atomic E-state index is 0.0829. The van der Waals surface area contributed by atoms with Gasteiger partial charge in [0.1, 0.15) is 11.6 Å². The fraction of sp³-hybridized carbons (Fsp3) is 0.0833. The second kappa shape index (κ2) is 5.54. The second-order valence-electron chi connectivity index (χ2n) is 4.23. The Bertz CT molecular complexity index is 763. The molecule has 5 N–H and O–H groups in total. The van der Waals surface area contributed by atoms with Gasteiger partial charge in [-0.1, -0.05) is 12.1 Å². The van der Waals surface area contributed by atoms with Gasteiger partial charge in [0.05, 0.1) is 0 Å². The van der Waals surface area contributed by atoms with Crippen molar-refractivity contribution in [3.8, 4) is 5.75 Å². The maximum Gasteiger partial charge on any atom is 0.446 e. The summed E-state index contributed by atoms with van der Waals surface area (Å²) in [6.07, 6.45) is 0.265. The summed E-state index contributed by atoms with van der Waals surface area (Å²) in [5, 5.41) is 0. The number of nitrogens with zero attached hydrogens (tertiary/aromatic N) is 1. The normalized spacial score (nSPS) is 11.3. The van der Waals surface area contributed by atoms with Crippen molar-refractivity contribution in [2.45, 2.75) is 6.42 Å². The molecular formula is C12H12FN3O4S. The molecule has 9 heteroatoms. The third kappa shape index (κ3) is 4.04. The van der Waals surface area contributed by atoms with Crippen LogP contribution in [0.3, 0.4) is 0 Å². The molecule has 0 amide bonds. The summed E-state index contributed by atoms with van der Waals surface area (Å²) in [5.41, 5.74) is 12.3. The Morgan fingerprint density at radius 2 is 1.81 bits per heavy atom. The molecule has 2 rings (SSSR count). The lowest BCUT2D eigenvalue weighted by Crippen LogP contribution is -2.11. The highest BCUT2D eigenvalue weighted by Gasteiger charge is 2.15. The number of rotatable bonds is 4. The van der Waals surface area contributed by atoms with Crippen LogP contribution in [-0.4, -0.2) is 18.0 Å². The molecule has 0 aliphatic rings. The van der Waals surface area contributed by atoms with Crippen LogP contribution in [0.4, 0.5) is 16.0 Å². The van der Waals surface area contributed by atoms with Gasteiger partial charge in [-0.25, -0.2) is 9.37 Å². The first-order valence-electron chi connectivity index (χ1n) is 5.71. The van der Waals surface area contributed by atoms with Crippen LogP contribution in [0.1, 0.15) is 11.1 Å². The lowest BCUT2D eigenvalue weighted by molar-refractivity contribution is 0.387. The Hall–Kier alpha value is -2.39. The van der Waals surface area contributed by atoms with Gasteiger partial charge in [-0.05, 0) is 23.8 Å². The highest BCUT2D eigenvalue weighted by atomic mass is 32.3. The van der Waals surface area contributed by atoms with Gasteiger partial charge >= 0.3 is 10.4 Å². The van der Waals surface area contributed by atoms with Gasteiger partial charge in [0.25, 0.3) is 0 Å². The van der Waals surface area contributed by atoms with E-state index in [1.807, 2.05) is 0 Å². The largest absolute Gasteiger partial charge is 0.446 e. The van der Waals surface area contributed by atoms with Gasteiger partial charge < -0.3 is 15.7 Å². The van der Waals surface area contributed by atoms with Crippen molar-refractivity contribution >= 4 is 22.0 Å². The van der Waals surface area contributed by atoms with E-state index in [1.54, 1.807) is 12.1 Å². The Kier molecular flexibility index (Phi) is 3.96. The van der Waals surface area contributed by atoms with Crippen molar-refractivity contribution < 1.29 is 21.5 Å². The Morgan fingerprint density at radius 1 is 1.19 bits per heavy atom. The zero-order chi connectivity index (χ0) is 15.6. The van der Waals surface area contributed by atoms with Gasteiger partial charge in [0.15, 0.2) is 11.6 Å². The van der Waals surface area contributed by atoms with E-state index in [0.29, 0.717) is 5.56 Å². The molecule has 2 aromatic rings. The van der Waals surface area contributed by atoms with Crippen LogP contribution in [0.5, 0.6) is 5.75 Å². The molecule has 0 saturated carbocycles. The molecule has 1 heterocycles. The van der Waals surface area contributed by atoms with Gasteiger partial charge in [0.2, 0.25) is 0 Å². The molecule has 21 heavy (non-hydrogen) atoms. The van der Waals surface area contributed by atoms with Crippen LogP contribution in [0.25, 0.3) is 0 Å². The first-order valence-corrected chi connectivity index (χ1v) is 7.07. The fourth-order valence-electron chi connectivity index (χ4n) is 1.71. The number of hydrogen-bond donors (Lipinski definition) is 3. The lowest BCUT2D eigenvalue weighted by Gasteiger charge is -2.10. The summed E-state index contributed by atoms with van der Waals surface area (Å²) in [6, 6.07) is 6.93. The SMILES string of the molecule is Nc1nc(N)c(OS(=O)(=O)O)cc1Cc1ccc(F)cc1. The summed E-state index contributed by atoms with van der Waals surface area (Å²) in [7, 11) is -4.72. The summed E-state index contributed by atoms with van der Waals surface area (Å²) < 4.78 is 47.3. The predicted octanol–water partition coefficient (Wildman–Crippen LogP) is 1.16. The summed E-state index contributed by atoms with van der Waals surface area (Å²) in [4.78, 5) is 3.75. The van der Waals surface area contributed by atoms with Gasteiger partial charge in [-0.2, -0.15) is 8.42 Å². The van der Waals surface area contributed by atoms with E-state index < -0.39 is 10.4 Å². The molecule has 1 aromatic heterocycles. The molecule has 0 spiro atoms. The van der Waals surface area contributed by atoms with Crippen molar-refractivity contribution in [2.75, 3.05) is 11.5 Å². The molecule has 0 aliphatic heterocycles. The average molecular weight is 313 g/mol. The summed E-state index contributed by atoms with van der Waals surface area (Å²) >= 11 is 0. The van der Waals surface area contributed by atoms with Crippen LogP contribution in [-0.2, 0) is 16.8 Å². The lowest BCUT2D eigenvalue weighted by atomic mass is 10.1. The van der Waals surface area contributed by atoms with E-state index in [4.69, 9.17) is 16.0 Å². The van der Waals surface area contributed by atoms with E-state index in [2.05, 4.69) is 9.17 Å². The predicted molar refractivity (Wildman–Crippen MR) is 74.4 cm³/mol. The molecule has 0 aliphatic carbocycles. The van der Waals surface area contributed by atoms with E-state index in [-0.39, 0.29) is 29.6 Å². The number of anilines is 2. The Morgan fingerprint density at radius 3 is 2.38 bits per heavy atom. The highest BCUT2D eigenvalue weighted by Crippen LogP contribution is 2.27. The van der Waals surface area contributed by atoms with E-state index in [0.717, 1.165) is 5.56 Å². The maximum absolute atomic E-state index is 12.8. The van der Waals surface area contributed by atoms with Crippen molar-refractivity contribution in [3.05, 3.63) is 47.3 Å². The third-order valence-corrected chi connectivity index (χ3v) is 3.02. The number of aromatic nitrogens is 1.